The number of benzene rings is 1. The second-order valence-corrected chi connectivity index (χ2v) is 6.49. The maximum absolute atomic E-state index is 12.8. The van der Waals surface area contributed by atoms with Crippen LogP contribution in [0.4, 0.5) is 19.0 Å². The highest BCUT2D eigenvalue weighted by Crippen LogP contribution is 2.34. The van der Waals surface area contributed by atoms with Gasteiger partial charge in [0.25, 0.3) is 0 Å². The molecule has 0 saturated carbocycles. The Morgan fingerprint density at radius 3 is 2.58 bits per heavy atom. The lowest BCUT2D eigenvalue weighted by Crippen LogP contribution is -2.31. The third kappa shape index (κ3) is 3.14. The van der Waals surface area contributed by atoms with Crippen molar-refractivity contribution in [2.24, 2.45) is 0 Å². The molecule has 0 saturated heterocycles. The molecule has 0 radical (unpaired) electrons. The van der Waals surface area contributed by atoms with Gasteiger partial charge in [-0.05, 0) is 18.2 Å². The number of pyridine rings is 1. The third-order valence-electron chi connectivity index (χ3n) is 4.33. The zero-order valence-electron chi connectivity index (χ0n) is 13.5. The number of anilines is 1. The van der Waals surface area contributed by atoms with Crippen molar-refractivity contribution in [1.82, 2.24) is 14.8 Å². The van der Waals surface area contributed by atoms with Gasteiger partial charge in [0.2, 0.25) is 0 Å². The van der Waals surface area contributed by atoms with Crippen LogP contribution in [-0.2, 0) is 19.1 Å². The van der Waals surface area contributed by atoms with Crippen LogP contribution in [0.25, 0.3) is 5.69 Å². The van der Waals surface area contributed by atoms with Gasteiger partial charge in [0.15, 0.2) is 0 Å². The van der Waals surface area contributed by atoms with E-state index in [1.165, 1.54) is 0 Å². The molecule has 0 atom stereocenters. The van der Waals surface area contributed by atoms with E-state index in [9.17, 15) is 13.2 Å². The van der Waals surface area contributed by atoms with Crippen molar-refractivity contribution < 1.29 is 13.2 Å². The van der Waals surface area contributed by atoms with Crippen LogP contribution in [0.2, 0.25) is 5.02 Å². The van der Waals surface area contributed by atoms with Crippen molar-refractivity contribution in [3.8, 4) is 5.69 Å². The summed E-state index contributed by atoms with van der Waals surface area (Å²) in [7, 11) is 0. The van der Waals surface area contributed by atoms with Crippen LogP contribution in [0.3, 0.4) is 0 Å². The molecule has 8 heteroatoms. The lowest BCUT2D eigenvalue weighted by atomic mass is 10.1. The van der Waals surface area contributed by atoms with Crippen LogP contribution < -0.4 is 4.90 Å². The largest absolute Gasteiger partial charge is 0.417 e. The van der Waals surface area contributed by atoms with E-state index < -0.39 is 11.7 Å². The maximum Gasteiger partial charge on any atom is 0.417 e. The van der Waals surface area contributed by atoms with E-state index in [0.717, 1.165) is 29.2 Å². The molecule has 1 aliphatic rings. The first kappa shape index (κ1) is 16.9. The maximum atomic E-state index is 12.8. The van der Waals surface area contributed by atoms with Crippen molar-refractivity contribution >= 4 is 17.4 Å². The summed E-state index contributed by atoms with van der Waals surface area (Å²) in [6.07, 6.45) is -1.02. The van der Waals surface area contributed by atoms with Gasteiger partial charge in [-0.1, -0.05) is 29.8 Å². The average molecular weight is 379 g/mol. The topological polar surface area (TPSA) is 34.0 Å². The fraction of sp³-hybridized carbons (Fsp3) is 0.222. The van der Waals surface area contributed by atoms with Gasteiger partial charge in [-0.2, -0.15) is 18.3 Å². The Labute approximate surface area is 152 Å². The fourth-order valence-electron chi connectivity index (χ4n) is 3.03. The normalized spacial score (nSPS) is 14.4. The summed E-state index contributed by atoms with van der Waals surface area (Å²) in [6.45, 7) is 1.09. The predicted octanol–water partition coefficient (Wildman–Crippen LogP) is 4.50. The third-order valence-corrected chi connectivity index (χ3v) is 4.60. The first-order chi connectivity index (χ1) is 12.4. The Kier molecular flexibility index (Phi) is 4.11. The van der Waals surface area contributed by atoms with E-state index in [1.807, 2.05) is 46.1 Å². The molecule has 0 spiro atoms. The van der Waals surface area contributed by atoms with E-state index in [0.29, 0.717) is 25.3 Å². The van der Waals surface area contributed by atoms with Gasteiger partial charge in [-0.15, -0.1) is 0 Å². The minimum absolute atomic E-state index is 0.00118. The Hall–Kier alpha value is -2.54. The van der Waals surface area contributed by atoms with Gasteiger partial charge in [0.1, 0.15) is 5.82 Å². The molecule has 134 valence electrons. The van der Waals surface area contributed by atoms with Crippen molar-refractivity contribution in [2.45, 2.75) is 19.1 Å². The number of aromatic nitrogens is 3. The van der Waals surface area contributed by atoms with Gasteiger partial charge in [0.05, 0.1) is 22.0 Å². The average Bonchev–Trinajstić information content (AvgIpc) is 3.05. The molecule has 0 N–H and O–H groups in total. The summed E-state index contributed by atoms with van der Waals surface area (Å²) in [5, 5.41) is 4.60. The zero-order valence-corrected chi connectivity index (χ0v) is 14.3. The second kappa shape index (κ2) is 6.32. The molecule has 0 fully saturated rings. The van der Waals surface area contributed by atoms with E-state index in [1.54, 1.807) is 0 Å². The van der Waals surface area contributed by atoms with Crippen LogP contribution in [0.15, 0.2) is 48.8 Å². The highest BCUT2D eigenvalue weighted by Gasteiger charge is 2.32. The summed E-state index contributed by atoms with van der Waals surface area (Å²) in [5.74, 6) is 0.359. The summed E-state index contributed by atoms with van der Waals surface area (Å²) < 4.78 is 40.2. The minimum atomic E-state index is -4.46. The number of hydrogen-bond acceptors (Lipinski definition) is 3. The molecular weight excluding hydrogens is 365 g/mol. The van der Waals surface area contributed by atoms with Crippen molar-refractivity contribution in [3.05, 3.63) is 70.6 Å². The van der Waals surface area contributed by atoms with Crippen LogP contribution in [0.5, 0.6) is 0 Å². The summed E-state index contributed by atoms with van der Waals surface area (Å²) >= 11 is 6.07. The van der Waals surface area contributed by atoms with Gasteiger partial charge >= 0.3 is 6.18 Å². The number of para-hydroxylation sites is 1. The SMILES string of the molecule is FC(F)(F)c1cnc(N2CCc3nn(-c4ccccc4)cc3C2)c(Cl)c1. The smallest absolute Gasteiger partial charge is 0.351 e. The molecule has 2 aromatic heterocycles. The fourth-order valence-corrected chi connectivity index (χ4v) is 3.31. The van der Waals surface area contributed by atoms with Gasteiger partial charge in [-0.3, -0.25) is 0 Å². The molecular formula is C18H14ClF3N4. The minimum Gasteiger partial charge on any atom is -0.351 e. The van der Waals surface area contributed by atoms with E-state index in [2.05, 4.69) is 10.1 Å². The van der Waals surface area contributed by atoms with Crippen LogP contribution in [-0.4, -0.2) is 21.3 Å². The first-order valence-electron chi connectivity index (χ1n) is 8.02. The number of alkyl halides is 3. The zero-order chi connectivity index (χ0) is 18.3. The predicted molar refractivity (Wildman–Crippen MR) is 92.6 cm³/mol. The van der Waals surface area contributed by atoms with E-state index >= 15 is 0 Å². The molecule has 0 aliphatic carbocycles. The van der Waals surface area contributed by atoms with Gasteiger partial charge in [0, 0.05) is 37.5 Å². The summed E-state index contributed by atoms with van der Waals surface area (Å²) in [6, 6.07) is 10.7. The van der Waals surface area contributed by atoms with Crippen LogP contribution >= 0.6 is 11.6 Å². The number of nitrogens with zero attached hydrogens (tertiary/aromatic N) is 4. The molecule has 4 nitrogen and oxygen atoms in total. The standard InChI is InChI=1S/C18H14ClF3N4/c19-15-8-13(18(20,21)22)9-23-17(15)25-7-6-16-12(10-25)11-26(24-16)14-4-2-1-3-5-14/h1-5,8-9,11H,6-7,10H2. The molecule has 1 aromatic carbocycles. The van der Waals surface area contributed by atoms with E-state index in [4.69, 9.17) is 11.6 Å². The number of halogens is 4. The Morgan fingerprint density at radius 2 is 1.88 bits per heavy atom. The highest BCUT2D eigenvalue weighted by molar-refractivity contribution is 6.33. The number of rotatable bonds is 2. The number of hydrogen-bond donors (Lipinski definition) is 0. The summed E-state index contributed by atoms with van der Waals surface area (Å²) in [5.41, 5.74) is 2.10. The molecule has 1 aliphatic heterocycles. The van der Waals surface area contributed by atoms with Crippen molar-refractivity contribution in [2.75, 3.05) is 11.4 Å². The Bertz CT molecular complexity index is 937. The Morgan fingerprint density at radius 1 is 1.12 bits per heavy atom. The van der Waals surface area contributed by atoms with Crippen LogP contribution in [0.1, 0.15) is 16.8 Å². The van der Waals surface area contributed by atoms with Crippen molar-refractivity contribution in [1.29, 1.82) is 0 Å². The second-order valence-electron chi connectivity index (χ2n) is 6.08. The molecule has 0 amide bonds. The molecule has 3 heterocycles. The molecule has 0 bridgehead atoms. The van der Waals surface area contributed by atoms with Crippen molar-refractivity contribution in [3.63, 3.8) is 0 Å². The molecule has 26 heavy (non-hydrogen) atoms. The highest BCUT2D eigenvalue weighted by atomic mass is 35.5. The Balaban J connectivity index is 1.60. The molecule has 0 unspecified atom stereocenters. The lowest BCUT2D eigenvalue weighted by molar-refractivity contribution is -0.137. The lowest BCUT2D eigenvalue weighted by Gasteiger charge is -2.28. The molecule has 4 rings (SSSR count). The van der Waals surface area contributed by atoms with Gasteiger partial charge < -0.3 is 4.90 Å². The number of fused-ring (bicyclic) bond motifs is 1. The monoisotopic (exact) mass is 378 g/mol. The summed E-state index contributed by atoms with van der Waals surface area (Å²) in [4.78, 5) is 5.83. The quantitative estimate of drug-likeness (QED) is 0.658. The van der Waals surface area contributed by atoms with Gasteiger partial charge in [-0.25, -0.2) is 9.67 Å². The molecule has 3 aromatic rings. The van der Waals surface area contributed by atoms with Crippen LogP contribution in [0, 0.1) is 0 Å². The van der Waals surface area contributed by atoms with E-state index in [-0.39, 0.29) is 5.02 Å². The first-order valence-corrected chi connectivity index (χ1v) is 8.40.